The molecular formula is C14H15FN4O3. The lowest BCUT2D eigenvalue weighted by molar-refractivity contribution is 0.0499. The normalized spacial score (nSPS) is 30.4. The summed E-state index contributed by atoms with van der Waals surface area (Å²) in [6.45, 7) is 1.83. The van der Waals surface area contributed by atoms with E-state index in [1.165, 1.54) is 23.1 Å². The van der Waals surface area contributed by atoms with Crippen LogP contribution in [0.15, 0.2) is 23.3 Å². The molecule has 1 aromatic carbocycles. The molecule has 3 fully saturated rings. The number of hydrogen-bond acceptors (Lipinski definition) is 3. The Hall–Kier alpha value is -2.31. The van der Waals surface area contributed by atoms with Crippen LogP contribution in [0, 0.1) is 11.7 Å². The SMILES string of the molecule is CC12CC(C1)C([C@H](O)c1cccc(N=[N+]=[N-])c1F)N2C(=O)O. The minimum atomic E-state index is -1.29. The summed E-state index contributed by atoms with van der Waals surface area (Å²) in [6.07, 6.45) is -1.07. The molecule has 2 saturated heterocycles. The number of aliphatic hydroxyl groups excluding tert-OH is 1. The van der Waals surface area contributed by atoms with Gasteiger partial charge in [-0.2, -0.15) is 0 Å². The van der Waals surface area contributed by atoms with Gasteiger partial charge in [-0.05, 0) is 37.3 Å². The van der Waals surface area contributed by atoms with Gasteiger partial charge in [0.15, 0.2) is 0 Å². The number of amides is 1. The number of benzene rings is 1. The van der Waals surface area contributed by atoms with Crippen molar-refractivity contribution < 1.29 is 19.4 Å². The number of hydrogen-bond donors (Lipinski definition) is 2. The van der Waals surface area contributed by atoms with E-state index in [2.05, 4.69) is 10.0 Å². The zero-order valence-corrected chi connectivity index (χ0v) is 11.8. The Morgan fingerprint density at radius 1 is 1.59 bits per heavy atom. The van der Waals surface area contributed by atoms with E-state index in [4.69, 9.17) is 5.53 Å². The van der Waals surface area contributed by atoms with E-state index in [9.17, 15) is 19.4 Å². The Balaban J connectivity index is 1.98. The van der Waals surface area contributed by atoms with Gasteiger partial charge in [0.2, 0.25) is 0 Å². The smallest absolute Gasteiger partial charge is 0.408 e. The summed E-state index contributed by atoms with van der Waals surface area (Å²) >= 11 is 0. The molecule has 2 aliphatic heterocycles. The maximum atomic E-state index is 14.3. The lowest BCUT2D eigenvalue weighted by Crippen LogP contribution is -2.47. The molecule has 2 atom stereocenters. The minimum absolute atomic E-state index is 0.0126. The van der Waals surface area contributed by atoms with Crippen molar-refractivity contribution in [3.05, 3.63) is 40.0 Å². The molecule has 1 aliphatic carbocycles. The van der Waals surface area contributed by atoms with E-state index >= 15 is 0 Å². The van der Waals surface area contributed by atoms with Crippen molar-refractivity contribution in [3.8, 4) is 0 Å². The van der Waals surface area contributed by atoms with Gasteiger partial charge in [0.25, 0.3) is 0 Å². The molecule has 0 spiro atoms. The van der Waals surface area contributed by atoms with E-state index in [0.717, 1.165) is 0 Å². The molecule has 22 heavy (non-hydrogen) atoms. The van der Waals surface area contributed by atoms with Crippen LogP contribution in [-0.4, -0.2) is 32.8 Å². The summed E-state index contributed by atoms with van der Waals surface area (Å²) in [6, 6.07) is 3.47. The van der Waals surface area contributed by atoms with Gasteiger partial charge < -0.3 is 10.2 Å². The van der Waals surface area contributed by atoms with E-state index in [0.29, 0.717) is 12.8 Å². The van der Waals surface area contributed by atoms with Crippen LogP contribution in [0.4, 0.5) is 14.9 Å². The zero-order valence-electron chi connectivity index (χ0n) is 11.8. The molecule has 1 amide bonds. The molecule has 7 nitrogen and oxygen atoms in total. The van der Waals surface area contributed by atoms with Crippen molar-refractivity contribution in [1.82, 2.24) is 4.90 Å². The Labute approximate surface area is 125 Å². The molecule has 2 heterocycles. The molecule has 116 valence electrons. The summed E-state index contributed by atoms with van der Waals surface area (Å²) in [5.41, 5.74) is 7.69. The first-order valence-electron chi connectivity index (χ1n) is 6.93. The van der Waals surface area contributed by atoms with Crippen LogP contribution < -0.4 is 0 Å². The predicted octanol–water partition coefficient (Wildman–Crippen LogP) is 3.33. The first-order valence-corrected chi connectivity index (χ1v) is 6.93. The lowest BCUT2D eigenvalue weighted by Gasteiger charge is -2.37. The number of aliphatic hydroxyl groups is 1. The summed E-state index contributed by atoms with van der Waals surface area (Å²) < 4.78 is 14.3. The summed E-state index contributed by atoms with van der Waals surface area (Å²) in [7, 11) is 0. The van der Waals surface area contributed by atoms with Crippen molar-refractivity contribution in [2.24, 2.45) is 11.0 Å². The third-order valence-corrected chi connectivity index (χ3v) is 4.78. The third kappa shape index (κ3) is 1.92. The van der Waals surface area contributed by atoms with Gasteiger partial charge in [-0.1, -0.05) is 17.2 Å². The average Bonchev–Trinajstić information content (AvgIpc) is 2.89. The fourth-order valence-electron chi connectivity index (χ4n) is 3.91. The first kappa shape index (κ1) is 14.6. The van der Waals surface area contributed by atoms with Crippen molar-refractivity contribution >= 4 is 11.8 Å². The molecular weight excluding hydrogens is 291 g/mol. The zero-order chi connectivity index (χ0) is 16.1. The van der Waals surface area contributed by atoms with Gasteiger partial charge in [-0.25, -0.2) is 9.18 Å². The monoisotopic (exact) mass is 306 g/mol. The van der Waals surface area contributed by atoms with Crippen molar-refractivity contribution in [3.63, 3.8) is 0 Å². The van der Waals surface area contributed by atoms with Gasteiger partial charge in [-0.15, -0.1) is 0 Å². The molecule has 0 radical (unpaired) electrons. The fourth-order valence-corrected chi connectivity index (χ4v) is 3.91. The van der Waals surface area contributed by atoms with Crippen LogP contribution in [0.5, 0.6) is 0 Å². The van der Waals surface area contributed by atoms with Crippen molar-refractivity contribution in [1.29, 1.82) is 0 Å². The first-order chi connectivity index (χ1) is 10.4. The second-order valence-electron chi connectivity index (χ2n) is 6.12. The highest BCUT2D eigenvalue weighted by Gasteiger charge is 2.63. The second kappa shape index (κ2) is 4.86. The van der Waals surface area contributed by atoms with Gasteiger partial charge in [-0.3, -0.25) is 4.90 Å². The standard InChI is InChI=1S/C14H15FN4O3/c1-14-5-7(6-14)11(19(14)13(21)22)12(20)8-3-2-4-9(10(8)15)17-18-16/h2-4,7,11-12,20H,5-6H2,1H3,(H,21,22)/t7?,11?,12-,14?/m1/s1. The van der Waals surface area contributed by atoms with Crippen LogP contribution in [0.3, 0.4) is 0 Å². The van der Waals surface area contributed by atoms with Gasteiger partial charge in [0.1, 0.15) is 11.9 Å². The molecule has 8 heteroatoms. The Kier molecular flexibility index (Phi) is 3.23. The van der Waals surface area contributed by atoms with Crippen LogP contribution in [0.2, 0.25) is 0 Å². The number of azide groups is 1. The van der Waals surface area contributed by atoms with E-state index in [-0.39, 0.29) is 17.2 Å². The van der Waals surface area contributed by atoms with Gasteiger partial charge >= 0.3 is 6.09 Å². The maximum Gasteiger partial charge on any atom is 0.408 e. The van der Waals surface area contributed by atoms with Crippen LogP contribution >= 0.6 is 0 Å². The average molecular weight is 306 g/mol. The molecule has 1 aromatic rings. The molecule has 1 unspecified atom stereocenters. The number of carbonyl (C=O) groups is 1. The highest BCUT2D eigenvalue weighted by molar-refractivity contribution is 5.68. The summed E-state index contributed by atoms with van der Waals surface area (Å²) in [4.78, 5) is 15.3. The molecule has 3 aliphatic rings. The summed E-state index contributed by atoms with van der Waals surface area (Å²) in [5.74, 6) is -0.800. The van der Waals surface area contributed by atoms with E-state index in [1.807, 2.05) is 6.92 Å². The largest absolute Gasteiger partial charge is 0.465 e. The van der Waals surface area contributed by atoms with Crippen LogP contribution in [-0.2, 0) is 0 Å². The van der Waals surface area contributed by atoms with Crippen LogP contribution in [0.1, 0.15) is 31.4 Å². The number of fused-ring (bicyclic) bond motifs is 1. The number of rotatable bonds is 3. The van der Waals surface area contributed by atoms with Gasteiger partial charge in [0.05, 0.1) is 11.7 Å². The molecule has 1 saturated carbocycles. The summed E-state index contributed by atoms with van der Waals surface area (Å²) in [5, 5.41) is 23.2. The van der Waals surface area contributed by atoms with Gasteiger partial charge in [0, 0.05) is 16.0 Å². The minimum Gasteiger partial charge on any atom is -0.465 e. The van der Waals surface area contributed by atoms with Crippen molar-refractivity contribution in [2.75, 3.05) is 0 Å². The third-order valence-electron chi connectivity index (χ3n) is 4.78. The fraction of sp³-hybridized carbons (Fsp3) is 0.500. The Morgan fingerprint density at radius 2 is 2.27 bits per heavy atom. The molecule has 0 aromatic heterocycles. The number of halogens is 1. The highest BCUT2D eigenvalue weighted by atomic mass is 19.1. The predicted molar refractivity (Wildman–Crippen MR) is 74.9 cm³/mol. The maximum absolute atomic E-state index is 14.3. The lowest BCUT2D eigenvalue weighted by atomic mass is 9.72. The Morgan fingerprint density at radius 3 is 2.86 bits per heavy atom. The topological polar surface area (TPSA) is 110 Å². The second-order valence-corrected chi connectivity index (χ2v) is 6.12. The molecule has 2 bridgehead atoms. The molecule has 4 rings (SSSR count). The quantitative estimate of drug-likeness (QED) is 0.507. The number of carboxylic acid groups (broad SMARTS) is 1. The number of nitrogens with zero attached hydrogens (tertiary/aromatic N) is 4. The van der Waals surface area contributed by atoms with E-state index < -0.39 is 29.6 Å². The highest BCUT2D eigenvalue weighted by Crippen LogP contribution is 2.57. The van der Waals surface area contributed by atoms with Crippen molar-refractivity contribution in [2.45, 2.75) is 37.5 Å². The Bertz CT molecular complexity index is 683. The van der Waals surface area contributed by atoms with E-state index in [1.54, 1.807) is 0 Å². The van der Waals surface area contributed by atoms with Crippen LogP contribution in [0.25, 0.3) is 10.4 Å². The molecule has 2 N–H and O–H groups in total.